The Morgan fingerprint density at radius 2 is 1.58 bits per heavy atom. The van der Waals surface area contributed by atoms with Crippen LogP contribution in [-0.2, 0) is 4.79 Å². The van der Waals surface area contributed by atoms with Crippen molar-refractivity contribution in [3.05, 3.63) is 58.6 Å². The zero-order valence-electron chi connectivity index (χ0n) is 14.7. The molecule has 2 amide bonds. The van der Waals surface area contributed by atoms with E-state index < -0.39 is 0 Å². The molecular formula is C19H20ClN3O2S. The SMILES string of the molecule is Cc1ccc(C(=O)NC(=S)Nc2ccc(NC(=O)C(C)C)cc2)c(Cl)c1. The molecule has 2 rings (SSSR count). The van der Waals surface area contributed by atoms with Crippen molar-refractivity contribution in [2.75, 3.05) is 10.6 Å². The number of hydrogen-bond acceptors (Lipinski definition) is 3. The van der Waals surface area contributed by atoms with E-state index in [1.807, 2.05) is 20.8 Å². The Morgan fingerprint density at radius 1 is 1.00 bits per heavy atom. The Hall–Kier alpha value is -2.44. The molecule has 0 bridgehead atoms. The highest BCUT2D eigenvalue weighted by molar-refractivity contribution is 7.80. The number of nitrogens with one attached hydrogen (secondary N) is 3. The molecule has 0 radical (unpaired) electrons. The van der Waals surface area contributed by atoms with Crippen LogP contribution in [0.1, 0.15) is 29.8 Å². The van der Waals surface area contributed by atoms with Crippen LogP contribution in [0.25, 0.3) is 0 Å². The van der Waals surface area contributed by atoms with Crippen LogP contribution >= 0.6 is 23.8 Å². The molecule has 0 aliphatic carbocycles. The van der Waals surface area contributed by atoms with Gasteiger partial charge in [0.05, 0.1) is 10.6 Å². The van der Waals surface area contributed by atoms with Gasteiger partial charge in [-0.15, -0.1) is 0 Å². The summed E-state index contributed by atoms with van der Waals surface area (Å²) in [5.74, 6) is -0.527. The number of hydrogen-bond donors (Lipinski definition) is 3. The van der Waals surface area contributed by atoms with Crippen LogP contribution in [0.2, 0.25) is 5.02 Å². The number of carbonyl (C=O) groups is 2. The minimum absolute atomic E-state index is 0.0523. The van der Waals surface area contributed by atoms with Crippen molar-refractivity contribution < 1.29 is 9.59 Å². The van der Waals surface area contributed by atoms with E-state index in [1.54, 1.807) is 42.5 Å². The van der Waals surface area contributed by atoms with Gasteiger partial charge in [0.25, 0.3) is 5.91 Å². The summed E-state index contributed by atoms with van der Waals surface area (Å²) in [6, 6.07) is 12.2. The minimum atomic E-state index is -0.381. The highest BCUT2D eigenvalue weighted by Crippen LogP contribution is 2.18. The van der Waals surface area contributed by atoms with Crippen LogP contribution < -0.4 is 16.0 Å². The lowest BCUT2D eigenvalue weighted by Crippen LogP contribution is -2.34. The standard InChI is InChI=1S/C19H20ClN3O2S/c1-11(2)17(24)21-13-5-7-14(8-6-13)22-19(26)23-18(25)15-9-4-12(3)10-16(15)20/h4-11H,1-3H3,(H,21,24)(H2,22,23,25,26). The molecule has 0 fully saturated rings. The Morgan fingerprint density at radius 3 is 2.12 bits per heavy atom. The molecule has 0 saturated heterocycles. The third-order valence-electron chi connectivity index (χ3n) is 3.53. The van der Waals surface area contributed by atoms with Gasteiger partial charge in [-0.05, 0) is 61.1 Å². The second-order valence-corrected chi connectivity index (χ2v) is 6.93. The number of carbonyl (C=O) groups excluding carboxylic acids is 2. The van der Waals surface area contributed by atoms with Crippen molar-refractivity contribution in [2.24, 2.45) is 5.92 Å². The summed E-state index contributed by atoms with van der Waals surface area (Å²) >= 11 is 11.3. The zero-order chi connectivity index (χ0) is 19.3. The van der Waals surface area contributed by atoms with E-state index in [-0.39, 0.29) is 22.8 Å². The fourth-order valence-corrected chi connectivity index (χ4v) is 2.59. The fraction of sp³-hybridized carbons (Fsp3) is 0.211. The van der Waals surface area contributed by atoms with Crippen LogP contribution in [0, 0.1) is 12.8 Å². The van der Waals surface area contributed by atoms with Crippen LogP contribution in [-0.4, -0.2) is 16.9 Å². The van der Waals surface area contributed by atoms with Crippen LogP contribution in [0.3, 0.4) is 0 Å². The van der Waals surface area contributed by atoms with Crippen molar-refractivity contribution in [3.8, 4) is 0 Å². The van der Waals surface area contributed by atoms with Crippen molar-refractivity contribution >= 4 is 52.1 Å². The normalized spacial score (nSPS) is 10.3. The van der Waals surface area contributed by atoms with Gasteiger partial charge < -0.3 is 10.6 Å². The van der Waals surface area contributed by atoms with Gasteiger partial charge in [0, 0.05) is 17.3 Å². The maximum absolute atomic E-state index is 12.2. The first-order valence-corrected chi connectivity index (χ1v) is 8.84. The first kappa shape index (κ1) is 19.9. The predicted octanol–water partition coefficient (Wildman–Crippen LogP) is 4.37. The number of benzene rings is 2. The molecule has 7 heteroatoms. The van der Waals surface area contributed by atoms with Gasteiger partial charge in [-0.25, -0.2) is 0 Å². The molecule has 0 atom stereocenters. The second kappa shape index (κ2) is 8.78. The summed E-state index contributed by atoms with van der Waals surface area (Å²) in [5.41, 5.74) is 2.70. The summed E-state index contributed by atoms with van der Waals surface area (Å²) in [6.45, 7) is 5.55. The van der Waals surface area contributed by atoms with E-state index in [4.69, 9.17) is 23.8 Å². The van der Waals surface area contributed by atoms with Crippen molar-refractivity contribution in [1.29, 1.82) is 0 Å². The molecule has 0 aliphatic rings. The molecule has 26 heavy (non-hydrogen) atoms. The van der Waals surface area contributed by atoms with E-state index in [2.05, 4.69) is 16.0 Å². The lowest BCUT2D eigenvalue weighted by atomic mass is 10.1. The number of anilines is 2. The largest absolute Gasteiger partial charge is 0.332 e. The molecule has 3 N–H and O–H groups in total. The predicted molar refractivity (Wildman–Crippen MR) is 110 cm³/mol. The maximum Gasteiger partial charge on any atom is 0.258 e. The third kappa shape index (κ3) is 5.54. The van der Waals surface area contributed by atoms with Gasteiger partial charge in [-0.1, -0.05) is 31.5 Å². The average Bonchev–Trinajstić information content (AvgIpc) is 2.56. The Labute approximate surface area is 163 Å². The number of thiocarbonyl (C=S) groups is 1. The van der Waals surface area contributed by atoms with Crippen molar-refractivity contribution in [2.45, 2.75) is 20.8 Å². The molecular weight excluding hydrogens is 370 g/mol. The molecule has 2 aromatic carbocycles. The van der Waals surface area contributed by atoms with Crippen LogP contribution in [0.5, 0.6) is 0 Å². The third-order valence-corrected chi connectivity index (χ3v) is 4.05. The van der Waals surface area contributed by atoms with Crippen molar-refractivity contribution in [3.63, 3.8) is 0 Å². The summed E-state index contributed by atoms with van der Waals surface area (Å²) in [7, 11) is 0. The molecule has 0 unspecified atom stereocenters. The highest BCUT2D eigenvalue weighted by Gasteiger charge is 2.12. The fourth-order valence-electron chi connectivity index (χ4n) is 2.06. The number of rotatable bonds is 4. The zero-order valence-corrected chi connectivity index (χ0v) is 16.3. The van der Waals surface area contributed by atoms with E-state index in [0.29, 0.717) is 22.0 Å². The Balaban J connectivity index is 1.95. The molecule has 0 heterocycles. The van der Waals surface area contributed by atoms with Gasteiger partial charge in [-0.3, -0.25) is 14.9 Å². The number of halogens is 1. The lowest BCUT2D eigenvalue weighted by molar-refractivity contribution is -0.118. The van der Waals surface area contributed by atoms with Gasteiger partial charge in [0.2, 0.25) is 5.91 Å². The average molecular weight is 390 g/mol. The second-order valence-electron chi connectivity index (χ2n) is 6.11. The van der Waals surface area contributed by atoms with E-state index in [1.165, 1.54) is 0 Å². The quantitative estimate of drug-likeness (QED) is 0.679. The minimum Gasteiger partial charge on any atom is -0.332 e. The maximum atomic E-state index is 12.2. The molecule has 0 aliphatic heterocycles. The van der Waals surface area contributed by atoms with Gasteiger partial charge in [-0.2, -0.15) is 0 Å². The monoisotopic (exact) mass is 389 g/mol. The summed E-state index contributed by atoms with van der Waals surface area (Å²) in [5, 5.41) is 8.85. The number of aryl methyl sites for hydroxylation is 1. The van der Waals surface area contributed by atoms with E-state index in [0.717, 1.165) is 5.56 Å². The highest BCUT2D eigenvalue weighted by atomic mass is 35.5. The van der Waals surface area contributed by atoms with Crippen LogP contribution in [0.4, 0.5) is 11.4 Å². The lowest BCUT2D eigenvalue weighted by Gasteiger charge is -2.12. The molecule has 0 spiro atoms. The van der Waals surface area contributed by atoms with Gasteiger partial charge >= 0.3 is 0 Å². The van der Waals surface area contributed by atoms with Gasteiger partial charge in [0.1, 0.15) is 0 Å². The molecule has 5 nitrogen and oxygen atoms in total. The van der Waals surface area contributed by atoms with Crippen LogP contribution in [0.15, 0.2) is 42.5 Å². The summed E-state index contributed by atoms with van der Waals surface area (Å²) < 4.78 is 0. The molecule has 2 aromatic rings. The Kier molecular flexibility index (Phi) is 6.71. The van der Waals surface area contributed by atoms with E-state index in [9.17, 15) is 9.59 Å². The van der Waals surface area contributed by atoms with Gasteiger partial charge in [0.15, 0.2) is 5.11 Å². The first-order chi connectivity index (χ1) is 12.3. The first-order valence-electron chi connectivity index (χ1n) is 8.05. The smallest absolute Gasteiger partial charge is 0.258 e. The topological polar surface area (TPSA) is 70.2 Å². The summed E-state index contributed by atoms with van der Waals surface area (Å²) in [6.07, 6.45) is 0. The summed E-state index contributed by atoms with van der Waals surface area (Å²) in [4.78, 5) is 23.9. The van der Waals surface area contributed by atoms with E-state index >= 15 is 0 Å². The number of amides is 2. The molecule has 136 valence electrons. The Bertz CT molecular complexity index is 835. The molecule has 0 aromatic heterocycles. The molecule has 0 saturated carbocycles. The van der Waals surface area contributed by atoms with Crippen molar-refractivity contribution in [1.82, 2.24) is 5.32 Å².